The Bertz CT molecular complexity index is 479. The van der Waals surface area contributed by atoms with Gasteiger partial charge in [-0.1, -0.05) is 11.6 Å². The number of aromatic nitrogens is 4. The molecule has 0 amide bonds. The highest BCUT2D eigenvalue weighted by Crippen LogP contribution is 2.23. The molecule has 0 bridgehead atoms. The number of aryl methyl sites for hydroxylation is 1. The molecule has 5 nitrogen and oxygen atoms in total. The summed E-state index contributed by atoms with van der Waals surface area (Å²) in [5.41, 5.74) is 7.01. The Labute approximate surface area is 91.8 Å². The molecule has 0 saturated heterocycles. The summed E-state index contributed by atoms with van der Waals surface area (Å²) in [6.45, 7) is 2.64. The number of hydrogen-bond acceptors (Lipinski definition) is 4. The number of benzene rings is 1. The van der Waals surface area contributed by atoms with E-state index in [9.17, 15) is 0 Å². The molecule has 0 saturated carbocycles. The third-order valence-electron chi connectivity index (χ3n) is 1.99. The molecule has 1 aromatic carbocycles. The van der Waals surface area contributed by atoms with E-state index in [2.05, 4.69) is 15.4 Å². The predicted octanol–water partition coefficient (Wildman–Crippen LogP) is 1.60. The molecule has 0 aliphatic rings. The Morgan fingerprint density at radius 1 is 1.47 bits per heavy atom. The molecular weight excluding hydrogens is 214 g/mol. The van der Waals surface area contributed by atoms with E-state index in [4.69, 9.17) is 17.3 Å². The van der Waals surface area contributed by atoms with Crippen LogP contribution in [0.25, 0.3) is 11.4 Å². The summed E-state index contributed by atoms with van der Waals surface area (Å²) >= 11 is 5.81. The van der Waals surface area contributed by atoms with E-state index < -0.39 is 0 Å². The van der Waals surface area contributed by atoms with Gasteiger partial charge in [0.2, 0.25) is 5.82 Å². The van der Waals surface area contributed by atoms with Crippen LogP contribution >= 0.6 is 11.6 Å². The number of nitrogens with two attached hydrogens (primary N) is 1. The van der Waals surface area contributed by atoms with Crippen molar-refractivity contribution >= 4 is 17.3 Å². The Hall–Kier alpha value is -1.62. The highest BCUT2D eigenvalue weighted by Gasteiger charge is 2.06. The Kier molecular flexibility index (Phi) is 2.55. The SMILES string of the molecule is CCn1nnc(-c2ccc(Cl)c(N)c2)n1. The first-order valence-corrected chi connectivity index (χ1v) is 4.91. The van der Waals surface area contributed by atoms with Crippen LogP contribution in [0.2, 0.25) is 5.02 Å². The van der Waals surface area contributed by atoms with Crippen molar-refractivity contribution in [3.63, 3.8) is 0 Å². The number of tetrazole rings is 1. The van der Waals surface area contributed by atoms with Gasteiger partial charge >= 0.3 is 0 Å². The summed E-state index contributed by atoms with van der Waals surface area (Å²) in [6.07, 6.45) is 0. The van der Waals surface area contributed by atoms with Gasteiger partial charge < -0.3 is 5.73 Å². The maximum absolute atomic E-state index is 5.81. The van der Waals surface area contributed by atoms with E-state index in [-0.39, 0.29) is 0 Å². The molecule has 0 aliphatic heterocycles. The average molecular weight is 224 g/mol. The molecule has 6 heteroatoms. The number of nitrogens with zero attached hydrogens (tertiary/aromatic N) is 4. The predicted molar refractivity (Wildman–Crippen MR) is 58.3 cm³/mol. The van der Waals surface area contributed by atoms with E-state index in [1.54, 1.807) is 12.1 Å². The number of anilines is 1. The monoisotopic (exact) mass is 223 g/mol. The van der Waals surface area contributed by atoms with Crippen LogP contribution in [0.3, 0.4) is 0 Å². The Morgan fingerprint density at radius 3 is 2.87 bits per heavy atom. The first-order chi connectivity index (χ1) is 7.20. The summed E-state index contributed by atoms with van der Waals surface area (Å²) in [6, 6.07) is 5.27. The van der Waals surface area contributed by atoms with Crippen LogP contribution in [0.5, 0.6) is 0 Å². The molecule has 0 radical (unpaired) electrons. The fraction of sp³-hybridized carbons (Fsp3) is 0.222. The summed E-state index contributed by atoms with van der Waals surface area (Å²) in [4.78, 5) is 1.51. The number of rotatable bonds is 2. The van der Waals surface area contributed by atoms with Gasteiger partial charge in [0.15, 0.2) is 0 Å². The van der Waals surface area contributed by atoms with E-state index >= 15 is 0 Å². The minimum atomic E-state index is 0.516. The van der Waals surface area contributed by atoms with Crippen LogP contribution in [-0.2, 0) is 6.54 Å². The fourth-order valence-corrected chi connectivity index (χ4v) is 1.29. The van der Waals surface area contributed by atoms with E-state index in [1.807, 2.05) is 13.0 Å². The maximum Gasteiger partial charge on any atom is 0.204 e. The number of nitrogen functional groups attached to an aromatic ring is 1. The lowest BCUT2D eigenvalue weighted by atomic mass is 10.2. The molecule has 1 heterocycles. The van der Waals surface area contributed by atoms with Crippen molar-refractivity contribution in [1.29, 1.82) is 0 Å². The molecule has 0 aliphatic carbocycles. The van der Waals surface area contributed by atoms with Gasteiger partial charge in [-0.25, -0.2) is 0 Å². The van der Waals surface area contributed by atoms with Gasteiger partial charge in [0.1, 0.15) is 0 Å². The van der Waals surface area contributed by atoms with Crippen LogP contribution in [-0.4, -0.2) is 20.2 Å². The smallest absolute Gasteiger partial charge is 0.204 e. The van der Waals surface area contributed by atoms with Gasteiger partial charge in [-0.3, -0.25) is 0 Å². The molecule has 0 spiro atoms. The summed E-state index contributed by atoms with van der Waals surface area (Å²) in [5, 5.41) is 12.5. The second-order valence-corrected chi connectivity index (χ2v) is 3.45. The van der Waals surface area contributed by atoms with Crippen LogP contribution in [0, 0.1) is 0 Å². The minimum Gasteiger partial charge on any atom is -0.398 e. The van der Waals surface area contributed by atoms with Crippen molar-refractivity contribution in [2.75, 3.05) is 5.73 Å². The zero-order chi connectivity index (χ0) is 10.8. The quantitative estimate of drug-likeness (QED) is 0.785. The van der Waals surface area contributed by atoms with E-state index in [1.165, 1.54) is 4.80 Å². The van der Waals surface area contributed by atoms with Crippen LogP contribution in [0.15, 0.2) is 18.2 Å². The minimum absolute atomic E-state index is 0.516. The van der Waals surface area contributed by atoms with E-state index in [0.29, 0.717) is 23.1 Å². The lowest BCUT2D eigenvalue weighted by Gasteiger charge is -1.99. The van der Waals surface area contributed by atoms with E-state index in [0.717, 1.165) is 5.56 Å². The van der Waals surface area contributed by atoms with Crippen molar-refractivity contribution < 1.29 is 0 Å². The molecule has 0 unspecified atom stereocenters. The highest BCUT2D eigenvalue weighted by molar-refractivity contribution is 6.33. The first-order valence-electron chi connectivity index (χ1n) is 4.54. The molecule has 78 valence electrons. The molecule has 15 heavy (non-hydrogen) atoms. The zero-order valence-electron chi connectivity index (χ0n) is 8.18. The fourth-order valence-electron chi connectivity index (χ4n) is 1.18. The van der Waals surface area contributed by atoms with Crippen molar-refractivity contribution in [2.24, 2.45) is 0 Å². The summed E-state index contributed by atoms with van der Waals surface area (Å²) in [5.74, 6) is 0.556. The summed E-state index contributed by atoms with van der Waals surface area (Å²) in [7, 11) is 0. The van der Waals surface area contributed by atoms with Crippen molar-refractivity contribution in [2.45, 2.75) is 13.5 Å². The molecule has 1 aromatic heterocycles. The molecule has 2 rings (SSSR count). The first kappa shape index (κ1) is 9.92. The van der Waals surface area contributed by atoms with Crippen LogP contribution in [0.1, 0.15) is 6.92 Å². The van der Waals surface area contributed by atoms with Crippen molar-refractivity contribution in [3.05, 3.63) is 23.2 Å². The topological polar surface area (TPSA) is 69.6 Å². The number of hydrogen-bond donors (Lipinski definition) is 1. The van der Waals surface area contributed by atoms with Crippen LogP contribution in [0.4, 0.5) is 5.69 Å². The third kappa shape index (κ3) is 1.92. The van der Waals surface area contributed by atoms with Crippen molar-refractivity contribution in [1.82, 2.24) is 20.2 Å². The second kappa shape index (κ2) is 3.86. The maximum atomic E-state index is 5.81. The lowest BCUT2D eigenvalue weighted by Crippen LogP contribution is -1.98. The van der Waals surface area contributed by atoms with Crippen molar-refractivity contribution in [3.8, 4) is 11.4 Å². The third-order valence-corrected chi connectivity index (χ3v) is 2.33. The van der Waals surface area contributed by atoms with Crippen LogP contribution < -0.4 is 5.73 Å². The standard InChI is InChI=1S/C9H10ClN5/c1-2-15-13-9(12-14-15)6-3-4-7(10)8(11)5-6/h3-5H,2,11H2,1H3. The summed E-state index contributed by atoms with van der Waals surface area (Å²) < 4.78 is 0. The van der Waals surface area contributed by atoms with Gasteiger partial charge in [0.05, 0.1) is 17.3 Å². The van der Waals surface area contributed by atoms with Gasteiger partial charge in [-0.15, -0.1) is 10.2 Å². The second-order valence-electron chi connectivity index (χ2n) is 3.04. The zero-order valence-corrected chi connectivity index (χ0v) is 8.94. The molecular formula is C9H10ClN5. The normalized spacial score (nSPS) is 10.5. The highest BCUT2D eigenvalue weighted by atomic mass is 35.5. The average Bonchev–Trinajstić information content (AvgIpc) is 2.70. The molecule has 2 N–H and O–H groups in total. The van der Waals surface area contributed by atoms with Gasteiger partial charge in [0, 0.05) is 5.56 Å². The molecule has 0 atom stereocenters. The van der Waals surface area contributed by atoms with Gasteiger partial charge in [-0.05, 0) is 30.3 Å². The Morgan fingerprint density at radius 2 is 2.27 bits per heavy atom. The largest absolute Gasteiger partial charge is 0.398 e. The molecule has 2 aromatic rings. The molecule has 0 fully saturated rings. The van der Waals surface area contributed by atoms with Gasteiger partial charge in [0.25, 0.3) is 0 Å². The number of halogens is 1. The van der Waals surface area contributed by atoms with Gasteiger partial charge in [-0.2, -0.15) is 4.80 Å². The lowest BCUT2D eigenvalue weighted by molar-refractivity contribution is 0.553. The Balaban J connectivity index is 2.40.